The molecule has 1 amide bonds. The number of hydrogen-bond donors (Lipinski definition) is 1. The van der Waals surface area contributed by atoms with Gasteiger partial charge in [0.1, 0.15) is 5.75 Å². The van der Waals surface area contributed by atoms with Gasteiger partial charge in [0.2, 0.25) is 0 Å². The van der Waals surface area contributed by atoms with Crippen LogP contribution in [-0.2, 0) is 4.79 Å². The lowest BCUT2D eigenvalue weighted by Crippen LogP contribution is -2.32. The Kier molecular flexibility index (Phi) is 6.53. The minimum atomic E-state index is -4.88. The molecule has 0 bridgehead atoms. The van der Waals surface area contributed by atoms with Crippen LogP contribution < -0.4 is 9.64 Å². The van der Waals surface area contributed by atoms with Gasteiger partial charge in [0.25, 0.3) is 5.91 Å². The third kappa shape index (κ3) is 4.93. The molecular formula is C26H22F3N3O4. The smallest absolute Gasteiger partial charge is 0.503 e. The second-order valence-corrected chi connectivity index (χ2v) is 8.60. The first-order valence-corrected chi connectivity index (χ1v) is 11.0. The highest BCUT2D eigenvalue weighted by molar-refractivity contribution is 6.20. The number of alkyl halides is 3. The number of aromatic nitrogens is 2. The van der Waals surface area contributed by atoms with Crippen molar-refractivity contribution in [3.63, 3.8) is 0 Å². The Labute approximate surface area is 204 Å². The number of amides is 1. The Hall–Kier alpha value is -4.21. The van der Waals surface area contributed by atoms with Crippen LogP contribution in [0, 0.1) is 6.92 Å². The molecule has 7 nitrogen and oxygen atoms in total. The molecule has 3 aromatic rings. The van der Waals surface area contributed by atoms with Crippen LogP contribution in [0.15, 0.2) is 72.0 Å². The van der Waals surface area contributed by atoms with Crippen molar-refractivity contribution in [2.24, 2.45) is 0 Å². The third-order valence-electron chi connectivity index (χ3n) is 5.75. The van der Waals surface area contributed by atoms with Gasteiger partial charge in [0.05, 0.1) is 17.3 Å². The fraction of sp³-hybridized carbons (Fsp3) is 0.231. The maximum Gasteiger partial charge on any atom is 0.573 e. The van der Waals surface area contributed by atoms with Gasteiger partial charge in [-0.2, -0.15) is 5.10 Å². The average molecular weight is 497 g/mol. The molecule has 2 aromatic carbocycles. The molecule has 1 atom stereocenters. The summed E-state index contributed by atoms with van der Waals surface area (Å²) >= 11 is 0. The largest absolute Gasteiger partial charge is 0.573 e. The minimum absolute atomic E-state index is 0.0655. The predicted octanol–water partition coefficient (Wildman–Crippen LogP) is 5.59. The monoisotopic (exact) mass is 497 g/mol. The minimum Gasteiger partial charge on any atom is -0.503 e. The van der Waals surface area contributed by atoms with Crippen LogP contribution in [0.5, 0.6) is 5.75 Å². The molecule has 36 heavy (non-hydrogen) atoms. The van der Waals surface area contributed by atoms with Gasteiger partial charge >= 0.3 is 6.36 Å². The van der Waals surface area contributed by atoms with Crippen LogP contribution in [0.1, 0.15) is 53.0 Å². The van der Waals surface area contributed by atoms with Crippen molar-refractivity contribution < 1.29 is 32.6 Å². The Balaban J connectivity index is 1.79. The van der Waals surface area contributed by atoms with Crippen LogP contribution in [0.2, 0.25) is 0 Å². The Morgan fingerprint density at radius 3 is 2.17 bits per heavy atom. The molecule has 0 saturated heterocycles. The molecule has 2 heterocycles. The van der Waals surface area contributed by atoms with E-state index in [1.165, 1.54) is 18.2 Å². The second-order valence-electron chi connectivity index (χ2n) is 8.60. The zero-order chi connectivity index (χ0) is 26.2. The Bertz CT molecular complexity index is 1320. The summed E-state index contributed by atoms with van der Waals surface area (Å²) < 4.78 is 41.8. The number of aliphatic hydroxyl groups is 1. The standard InChI is InChI=1S/C26H22F3N3O4/c1-14(2)16-5-7-18(8-6-16)23(33)21-22(17-9-11-19(12-10-17)36-26(27,28)29)32(25(35)24(21)34)20-13-4-15(3)30-31-20/h4-14,22,34H,1-3H3/t22-/m1/s1. The van der Waals surface area contributed by atoms with Crippen LogP contribution in [0.25, 0.3) is 0 Å². The maximum absolute atomic E-state index is 13.5. The van der Waals surface area contributed by atoms with Crippen molar-refractivity contribution in [3.8, 4) is 5.75 Å². The van der Waals surface area contributed by atoms with Crippen molar-refractivity contribution >= 4 is 17.5 Å². The lowest BCUT2D eigenvalue weighted by Gasteiger charge is -2.26. The number of halogens is 3. The number of carbonyl (C=O) groups excluding carboxylic acids is 2. The summed E-state index contributed by atoms with van der Waals surface area (Å²) in [5, 5.41) is 18.8. The highest BCUT2D eigenvalue weighted by Crippen LogP contribution is 2.41. The summed E-state index contributed by atoms with van der Waals surface area (Å²) in [6.07, 6.45) is -4.88. The van der Waals surface area contributed by atoms with Crippen LogP contribution in [0.4, 0.5) is 19.0 Å². The number of aliphatic hydroxyl groups excluding tert-OH is 1. The lowest BCUT2D eigenvalue weighted by molar-refractivity contribution is -0.274. The molecule has 0 saturated carbocycles. The van der Waals surface area contributed by atoms with E-state index in [4.69, 9.17) is 0 Å². The number of rotatable bonds is 6. The van der Waals surface area contributed by atoms with E-state index in [0.717, 1.165) is 22.6 Å². The molecule has 186 valence electrons. The van der Waals surface area contributed by atoms with Gasteiger partial charge in [-0.15, -0.1) is 18.3 Å². The van der Waals surface area contributed by atoms with Crippen molar-refractivity contribution in [3.05, 3.63) is 94.4 Å². The lowest BCUT2D eigenvalue weighted by atomic mass is 9.91. The van der Waals surface area contributed by atoms with Gasteiger partial charge in [0, 0.05) is 5.56 Å². The Morgan fingerprint density at radius 1 is 1.00 bits per heavy atom. The summed E-state index contributed by atoms with van der Waals surface area (Å²) in [5.74, 6) is -2.42. The molecule has 1 aliphatic rings. The normalized spacial score (nSPS) is 16.1. The van der Waals surface area contributed by atoms with E-state index in [9.17, 15) is 27.9 Å². The molecule has 4 rings (SSSR count). The van der Waals surface area contributed by atoms with E-state index in [1.54, 1.807) is 37.3 Å². The summed E-state index contributed by atoms with van der Waals surface area (Å²) in [7, 11) is 0. The van der Waals surface area contributed by atoms with E-state index in [1.807, 2.05) is 13.8 Å². The molecule has 0 radical (unpaired) electrons. The van der Waals surface area contributed by atoms with E-state index >= 15 is 0 Å². The van der Waals surface area contributed by atoms with E-state index in [2.05, 4.69) is 14.9 Å². The third-order valence-corrected chi connectivity index (χ3v) is 5.75. The number of Topliss-reactive ketones (excluding diaryl/α,β-unsaturated/α-hetero) is 1. The molecule has 1 aromatic heterocycles. The van der Waals surface area contributed by atoms with Gasteiger partial charge in [0.15, 0.2) is 17.4 Å². The molecule has 0 aliphatic carbocycles. The van der Waals surface area contributed by atoms with Gasteiger partial charge in [-0.05, 0) is 48.2 Å². The molecule has 1 aliphatic heterocycles. The molecule has 0 spiro atoms. The fourth-order valence-electron chi connectivity index (χ4n) is 3.94. The summed E-state index contributed by atoms with van der Waals surface area (Å²) in [5.41, 5.74) is 1.87. The summed E-state index contributed by atoms with van der Waals surface area (Å²) in [4.78, 5) is 27.8. The summed E-state index contributed by atoms with van der Waals surface area (Å²) in [6, 6.07) is 13.5. The SMILES string of the molecule is Cc1ccc(N2C(=O)C(O)=C(C(=O)c3ccc(C(C)C)cc3)[C@H]2c2ccc(OC(F)(F)F)cc2)nn1. The highest BCUT2D eigenvalue weighted by atomic mass is 19.4. The van der Waals surface area contributed by atoms with Crippen LogP contribution in [0.3, 0.4) is 0 Å². The van der Waals surface area contributed by atoms with E-state index in [-0.39, 0.29) is 28.4 Å². The number of anilines is 1. The molecule has 10 heteroatoms. The first-order valence-electron chi connectivity index (χ1n) is 11.0. The highest BCUT2D eigenvalue weighted by Gasteiger charge is 2.45. The molecular weight excluding hydrogens is 475 g/mol. The van der Waals surface area contributed by atoms with Crippen LogP contribution >= 0.6 is 0 Å². The quantitative estimate of drug-likeness (QED) is 0.447. The average Bonchev–Trinajstić information content (AvgIpc) is 3.09. The van der Waals surface area contributed by atoms with Gasteiger partial charge < -0.3 is 9.84 Å². The van der Waals surface area contributed by atoms with Crippen molar-refractivity contribution in [2.45, 2.75) is 39.1 Å². The Morgan fingerprint density at radius 2 is 1.64 bits per heavy atom. The topological polar surface area (TPSA) is 92.6 Å². The van der Waals surface area contributed by atoms with Crippen molar-refractivity contribution in [1.82, 2.24) is 10.2 Å². The zero-order valence-electron chi connectivity index (χ0n) is 19.6. The molecule has 0 unspecified atom stereocenters. The molecule has 0 fully saturated rings. The number of nitrogens with zero attached hydrogens (tertiary/aromatic N) is 3. The number of ketones is 1. The number of benzene rings is 2. The van der Waals surface area contributed by atoms with Crippen molar-refractivity contribution in [1.29, 1.82) is 0 Å². The van der Waals surface area contributed by atoms with Gasteiger partial charge in [-0.25, -0.2) is 0 Å². The summed E-state index contributed by atoms with van der Waals surface area (Å²) in [6.45, 7) is 5.71. The van der Waals surface area contributed by atoms with Gasteiger partial charge in [-0.1, -0.05) is 50.2 Å². The molecule has 1 N–H and O–H groups in total. The van der Waals surface area contributed by atoms with Gasteiger partial charge in [-0.3, -0.25) is 14.5 Å². The first kappa shape index (κ1) is 24.9. The fourth-order valence-corrected chi connectivity index (χ4v) is 3.94. The maximum atomic E-state index is 13.5. The second kappa shape index (κ2) is 9.44. The van der Waals surface area contributed by atoms with Crippen LogP contribution in [-0.4, -0.2) is 33.4 Å². The number of carbonyl (C=O) groups is 2. The predicted molar refractivity (Wildman–Crippen MR) is 125 cm³/mol. The number of hydrogen-bond acceptors (Lipinski definition) is 6. The van der Waals surface area contributed by atoms with Crippen molar-refractivity contribution in [2.75, 3.05) is 4.90 Å². The van der Waals surface area contributed by atoms with E-state index < -0.39 is 35.6 Å². The number of aryl methyl sites for hydroxylation is 1. The zero-order valence-corrected chi connectivity index (χ0v) is 19.6. The first-order chi connectivity index (χ1) is 17.0. The number of ether oxygens (including phenoxy) is 1. The van der Waals surface area contributed by atoms with E-state index in [0.29, 0.717) is 5.69 Å².